The van der Waals surface area contributed by atoms with E-state index in [2.05, 4.69) is 20.8 Å². The molecule has 0 N–H and O–H groups in total. The third-order valence-electron chi connectivity index (χ3n) is 11.3. The third-order valence-corrected chi connectivity index (χ3v) is 11.3. The number of halogens is 3. The third kappa shape index (κ3) is 3.57. The first-order valence-corrected chi connectivity index (χ1v) is 13.0. The summed E-state index contributed by atoms with van der Waals surface area (Å²) in [5, 5.41) is 0. The van der Waals surface area contributed by atoms with Crippen molar-refractivity contribution < 1.29 is 13.2 Å². The zero-order valence-electron chi connectivity index (χ0n) is 20.1. The topological polar surface area (TPSA) is 0 Å². The molecule has 0 heterocycles. The van der Waals surface area contributed by atoms with Crippen molar-refractivity contribution in [3.63, 3.8) is 0 Å². The first-order chi connectivity index (χ1) is 13.9. The second-order valence-electron chi connectivity index (χ2n) is 13.0. The molecule has 4 saturated carbocycles. The van der Waals surface area contributed by atoms with Crippen LogP contribution in [-0.2, 0) is 0 Å². The largest absolute Gasteiger partial charge is 0.393 e. The quantitative estimate of drug-likeness (QED) is 0.420. The van der Waals surface area contributed by atoms with Gasteiger partial charge in [-0.05, 0) is 111 Å². The molecule has 4 rings (SSSR count). The molecular weight excluding hydrogens is 381 g/mol. The van der Waals surface area contributed by atoms with Gasteiger partial charge in [0.15, 0.2) is 0 Å². The van der Waals surface area contributed by atoms with Crippen LogP contribution < -0.4 is 0 Å². The van der Waals surface area contributed by atoms with Crippen LogP contribution in [0.2, 0.25) is 0 Å². The van der Waals surface area contributed by atoms with Crippen molar-refractivity contribution in [3.05, 3.63) is 0 Å². The van der Waals surface area contributed by atoms with Crippen LogP contribution in [0.15, 0.2) is 0 Å². The first-order valence-electron chi connectivity index (χ1n) is 13.0. The maximum absolute atomic E-state index is 13.4. The standard InChI is InChI=1S/C27H45F3/c1-18(13-16-24(2,3)27(28,29)30)21-11-12-22-20-10-9-19-8-6-7-15-25(19,4)23(20)14-17-26(21,22)5/h18-23H,6-17H2,1-5H3/t18-,19?,20?,21?,22?,23?,25?,26?/m1/s1. The molecule has 0 aromatic heterocycles. The van der Waals surface area contributed by atoms with Gasteiger partial charge in [0.1, 0.15) is 0 Å². The van der Waals surface area contributed by atoms with Crippen molar-refractivity contribution in [1.29, 1.82) is 0 Å². The highest BCUT2D eigenvalue weighted by Gasteiger charge is 2.60. The summed E-state index contributed by atoms with van der Waals surface area (Å²) < 4.78 is 40.1. The average molecular weight is 427 g/mol. The van der Waals surface area contributed by atoms with Gasteiger partial charge in [-0.2, -0.15) is 13.2 Å². The summed E-state index contributed by atoms with van der Waals surface area (Å²) in [6.07, 6.45) is 10.8. The summed E-state index contributed by atoms with van der Waals surface area (Å²) in [5.74, 6) is 4.58. The molecule has 0 nitrogen and oxygen atoms in total. The van der Waals surface area contributed by atoms with Gasteiger partial charge in [0, 0.05) is 0 Å². The predicted octanol–water partition coefficient (Wildman–Crippen LogP) is 9.04. The highest BCUT2D eigenvalue weighted by molar-refractivity contribution is 5.09. The Kier molecular flexibility index (Phi) is 5.88. The molecule has 3 heteroatoms. The summed E-state index contributed by atoms with van der Waals surface area (Å²) in [5.41, 5.74) is -0.629. The SMILES string of the molecule is C[C@H](CCC(C)(C)C(F)(F)F)C1CCC2C3CCC4CCCCC4(C)C3CCC21C. The molecule has 0 bridgehead atoms. The molecule has 0 aliphatic heterocycles. The van der Waals surface area contributed by atoms with Crippen LogP contribution in [0.1, 0.15) is 112 Å². The highest BCUT2D eigenvalue weighted by Crippen LogP contribution is 2.68. The lowest BCUT2D eigenvalue weighted by molar-refractivity contribution is -0.215. The maximum atomic E-state index is 13.4. The summed E-state index contributed by atoms with van der Waals surface area (Å²) in [6.45, 7) is 10.2. The molecule has 0 spiro atoms. The Morgan fingerprint density at radius 3 is 2.23 bits per heavy atom. The van der Waals surface area contributed by atoms with E-state index in [1.54, 1.807) is 0 Å². The van der Waals surface area contributed by atoms with E-state index in [1.807, 2.05) is 0 Å². The fourth-order valence-corrected chi connectivity index (χ4v) is 9.20. The van der Waals surface area contributed by atoms with Crippen molar-refractivity contribution >= 4 is 0 Å². The molecule has 0 aromatic carbocycles. The van der Waals surface area contributed by atoms with Gasteiger partial charge in [-0.3, -0.25) is 0 Å². The Morgan fingerprint density at radius 2 is 1.53 bits per heavy atom. The molecule has 0 aromatic rings. The van der Waals surface area contributed by atoms with Gasteiger partial charge >= 0.3 is 6.18 Å². The Hall–Kier alpha value is -0.210. The fourth-order valence-electron chi connectivity index (χ4n) is 9.20. The molecule has 0 radical (unpaired) electrons. The van der Waals surface area contributed by atoms with Gasteiger partial charge < -0.3 is 0 Å². The second-order valence-corrected chi connectivity index (χ2v) is 13.0. The second kappa shape index (κ2) is 7.68. The van der Waals surface area contributed by atoms with E-state index in [0.29, 0.717) is 29.1 Å². The van der Waals surface area contributed by atoms with E-state index in [9.17, 15) is 13.2 Å². The predicted molar refractivity (Wildman–Crippen MR) is 118 cm³/mol. The summed E-state index contributed by atoms with van der Waals surface area (Å²) in [7, 11) is 0. The van der Waals surface area contributed by atoms with Crippen molar-refractivity contribution in [3.8, 4) is 0 Å². The van der Waals surface area contributed by atoms with E-state index in [1.165, 1.54) is 78.1 Å². The van der Waals surface area contributed by atoms with E-state index >= 15 is 0 Å². The molecular formula is C27H45F3. The number of hydrogen-bond donors (Lipinski definition) is 0. The Labute approximate surface area is 183 Å². The van der Waals surface area contributed by atoms with Gasteiger partial charge in [0.25, 0.3) is 0 Å². The average Bonchev–Trinajstić information content (AvgIpc) is 3.02. The van der Waals surface area contributed by atoms with Crippen LogP contribution in [0.4, 0.5) is 13.2 Å². The minimum absolute atomic E-state index is 0.265. The normalized spacial score (nSPS) is 45.4. The lowest BCUT2D eigenvalue weighted by Crippen LogP contribution is -2.53. The number of alkyl halides is 3. The number of hydrogen-bond acceptors (Lipinski definition) is 0. The van der Waals surface area contributed by atoms with Gasteiger partial charge in [-0.25, -0.2) is 0 Å². The molecule has 8 atom stereocenters. The lowest BCUT2D eigenvalue weighted by atomic mass is 9.44. The van der Waals surface area contributed by atoms with E-state index in [4.69, 9.17) is 0 Å². The molecule has 7 unspecified atom stereocenters. The Bertz CT molecular complexity index is 622. The Balaban J connectivity index is 1.46. The highest BCUT2D eigenvalue weighted by atomic mass is 19.4. The van der Waals surface area contributed by atoms with Crippen LogP contribution in [0.3, 0.4) is 0 Å². The lowest BCUT2D eigenvalue weighted by Gasteiger charge is -2.61. The van der Waals surface area contributed by atoms with Crippen molar-refractivity contribution in [2.75, 3.05) is 0 Å². The zero-order chi connectivity index (χ0) is 21.9. The summed E-state index contributed by atoms with van der Waals surface area (Å²) >= 11 is 0. The minimum Gasteiger partial charge on any atom is -0.171 e. The minimum atomic E-state index is -4.10. The van der Waals surface area contributed by atoms with E-state index < -0.39 is 11.6 Å². The molecule has 30 heavy (non-hydrogen) atoms. The fraction of sp³-hybridized carbons (Fsp3) is 1.00. The Morgan fingerprint density at radius 1 is 0.833 bits per heavy atom. The van der Waals surface area contributed by atoms with Gasteiger partial charge in [-0.1, -0.05) is 47.5 Å². The molecule has 0 saturated heterocycles. The first kappa shape index (κ1) is 23.0. The van der Waals surface area contributed by atoms with E-state index in [0.717, 1.165) is 23.7 Å². The van der Waals surface area contributed by atoms with Crippen molar-refractivity contribution in [2.45, 2.75) is 118 Å². The zero-order valence-corrected chi connectivity index (χ0v) is 20.1. The van der Waals surface area contributed by atoms with Crippen molar-refractivity contribution in [1.82, 2.24) is 0 Å². The maximum Gasteiger partial charge on any atom is 0.393 e. The molecule has 174 valence electrons. The van der Waals surface area contributed by atoms with Gasteiger partial charge in [-0.15, -0.1) is 0 Å². The van der Waals surface area contributed by atoms with Crippen LogP contribution in [0, 0.1) is 51.8 Å². The molecule has 4 fully saturated rings. The van der Waals surface area contributed by atoms with Gasteiger partial charge in [0.05, 0.1) is 5.41 Å². The summed E-state index contributed by atoms with van der Waals surface area (Å²) in [6, 6.07) is 0. The summed E-state index contributed by atoms with van der Waals surface area (Å²) in [4.78, 5) is 0. The van der Waals surface area contributed by atoms with Crippen LogP contribution >= 0.6 is 0 Å². The van der Waals surface area contributed by atoms with Crippen LogP contribution in [0.5, 0.6) is 0 Å². The number of rotatable bonds is 4. The van der Waals surface area contributed by atoms with Crippen LogP contribution in [0.25, 0.3) is 0 Å². The van der Waals surface area contributed by atoms with Gasteiger partial charge in [0.2, 0.25) is 0 Å². The number of fused-ring (bicyclic) bond motifs is 5. The molecule has 4 aliphatic rings. The molecule has 0 amide bonds. The molecule has 4 aliphatic carbocycles. The van der Waals surface area contributed by atoms with Crippen LogP contribution in [-0.4, -0.2) is 6.18 Å². The van der Waals surface area contributed by atoms with E-state index in [-0.39, 0.29) is 6.42 Å². The smallest absolute Gasteiger partial charge is 0.171 e. The monoisotopic (exact) mass is 426 g/mol. The van der Waals surface area contributed by atoms with Crippen molar-refractivity contribution in [2.24, 2.45) is 51.8 Å².